The normalized spacial score (nSPS) is 11.6. The van der Waals surface area contributed by atoms with Crippen molar-refractivity contribution >= 4 is 17.2 Å². The van der Waals surface area contributed by atoms with Gasteiger partial charge in [0.1, 0.15) is 27.9 Å². The Labute approximate surface area is 145 Å². The first-order valence-corrected chi connectivity index (χ1v) is 8.32. The fraction of sp³-hybridized carbons (Fsp3) is 0.188. The number of hydrogen-bond acceptors (Lipinski definition) is 6. The number of hydrogen-bond donors (Lipinski definition) is 0. The molecule has 0 spiro atoms. The molecule has 3 heterocycles. The molecule has 0 atom stereocenters. The predicted octanol–water partition coefficient (Wildman–Crippen LogP) is 3.71. The van der Waals surface area contributed by atoms with E-state index < -0.39 is 11.6 Å². The van der Waals surface area contributed by atoms with E-state index in [0.29, 0.717) is 21.9 Å². The lowest BCUT2D eigenvalue weighted by Crippen LogP contribution is -2.02. The van der Waals surface area contributed by atoms with Gasteiger partial charge in [0, 0.05) is 17.5 Å². The first-order chi connectivity index (χ1) is 12.0. The van der Waals surface area contributed by atoms with Crippen molar-refractivity contribution in [2.75, 3.05) is 0 Å². The Morgan fingerprint density at radius 3 is 2.64 bits per heavy atom. The third kappa shape index (κ3) is 2.66. The van der Waals surface area contributed by atoms with Crippen molar-refractivity contribution in [1.29, 1.82) is 0 Å². The Balaban J connectivity index is 1.87. The van der Waals surface area contributed by atoms with Gasteiger partial charge in [-0.05, 0) is 35.8 Å². The summed E-state index contributed by atoms with van der Waals surface area (Å²) in [6, 6.07) is 6.91. The highest BCUT2D eigenvalue weighted by molar-refractivity contribution is 7.09. The second kappa shape index (κ2) is 5.92. The average Bonchev–Trinajstić information content (AvgIpc) is 3.20. The molecule has 25 heavy (non-hydrogen) atoms. The molecular weight excluding hydrogens is 346 g/mol. The third-order valence-corrected chi connectivity index (χ3v) is 4.46. The molecule has 0 aliphatic heterocycles. The summed E-state index contributed by atoms with van der Waals surface area (Å²) in [6.45, 7) is 4.00. The predicted molar refractivity (Wildman–Crippen MR) is 89.1 cm³/mol. The molecule has 4 aromatic rings. The zero-order chi connectivity index (χ0) is 17.6. The van der Waals surface area contributed by atoms with E-state index in [4.69, 9.17) is 0 Å². The summed E-state index contributed by atoms with van der Waals surface area (Å²) in [5.74, 6) is -0.464. The highest BCUT2D eigenvalue weighted by atomic mass is 32.1. The molecule has 9 heteroatoms. The van der Waals surface area contributed by atoms with Gasteiger partial charge in [-0.3, -0.25) is 0 Å². The Bertz CT molecular complexity index is 1070. The largest absolute Gasteiger partial charge is 0.207 e. The second-order valence-electron chi connectivity index (χ2n) is 5.78. The molecule has 1 aromatic carbocycles. The van der Waals surface area contributed by atoms with Crippen LogP contribution in [-0.4, -0.2) is 29.4 Å². The van der Waals surface area contributed by atoms with Crippen LogP contribution < -0.4 is 0 Å². The van der Waals surface area contributed by atoms with Crippen LogP contribution in [0.25, 0.3) is 27.5 Å². The first-order valence-electron chi connectivity index (χ1n) is 7.55. The molecule has 0 saturated carbocycles. The van der Waals surface area contributed by atoms with Gasteiger partial charge < -0.3 is 0 Å². The standard InChI is InChI=1S/C16H12F2N6S/c1-8(2)16-21-19-13-6-5-12(22-24(13)16)15-14(20-23-25-15)10-4-3-9(17)7-11(10)18/h3-8H,1-2H3. The summed E-state index contributed by atoms with van der Waals surface area (Å²) < 4.78 is 32.9. The fourth-order valence-electron chi connectivity index (χ4n) is 2.50. The van der Waals surface area contributed by atoms with Gasteiger partial charge in [-0.2, -0.15) is 9.61 Å². The van der Waals surface area contributed by atoms with E-state index in [1.54, 1.807) is 16.6 Å². The van der Waals surface area contributed by atoms with Crippen LogP contribution in [0.1, 0.15) is 25.6 Å². The molecule has 0 bridgehead atoms. The van der Waals surface area contributed by atoms with Gasteiger partial charge in [0.05, 0.1) is 0 Å². The van der Waals surface area contributed by atoms with Gasteiger partial charge in [0.2, 0.25) is 0 Å². The summed E-state index contributed by atoms with van der Waals surface area (Å²) in [5.41, 5.74) is 1.70. The van der Waals surface area contributed by atoms with Crippen LogP contribution >= 0.6 is 11.5 Å². The highest BCUT2D eigenvalue weighted by Gasteiger charge is 2.19. The van der Waals surface area contributed by atoms with Crippen LogP contribution in [-0.2, 0) is 0 Å². The van der Waals surface area contributed by atoms with Crippen molar-refractivity contribution < 1.29 is 8.78 Å². The van der Waals surface area contributed by atoms with E-state index in [9.17, 15) is 8.78 Å². The zero-order valence-electron chi connectivity index (χ0n) is 13.3. The Morgan fingerprint density at radius 2 is 1.88 bits per heavy atom. The first kappa shape index (κ1) is 15.7. The van der Waals surface area contributed by atoms with Gasteiger partial charge >= 0.3 is 0 Å². The molecule has 0 aliphatic rings. The van der Waals surface area contributed by atoms with Gasteiger partial charge in [-0.1, -0.05) is 18.3 Å². The number of rotatable bonds is 3. The van der Waals surface area contributed by atoms with E-state index in [0.717, 1.165) is 23.4 Å². The zero-order valence-corrected chi connectivity index (χ0v) is 14.1. The van der Waals surface area contributed by atoms with Crippen LogP contribution in [0.5, 0.6) is 0 Å². The van der Waals surface area contributed by atoms with Gasteiger partial charge in [0.15, 0.2) is 11.5 Å². The minimum absolute atomic E-state index is 0.145. The van der Waals surface area contributed by atoms with Crippen LogP contribution in [0.2, 0.25) is 0 Å². The van der Waals surface area contributed by atoms with Gasteiger partial charge in [-0.15, -0.1) is 15.3 Å². The van der Waals surface area contributed by atoms with E-state index in [2.05, 4.69) is 24.9 Å². The molecule has 3 aromatic heterocycles. The molecule has 0 N–H and O–H groups in total. The van der Waals surface area contributed by atoms with Crippen molar-refractivity contribution in [2.24, 2.45) is 0 Å². The fourth-order valence-corrected chi connectivity index (χ4v) is 3.15. The number of halogens is 2. The quantitative estimate of drug-likeness (QED) is 0.558. The summed E-state index contributed by atoms with van der Waals surface area (Å²) >= 11 is 1.10. The minimum Gasteiger partial charge on any atom is -0.207 e. The van der Waals surface area contributed by atoms with Crippen molar-refractivity contribution in [2.45, 2.75) is 19.8 Å². The van der Waals surface area contributed by atoms with E-state index in [1.165, 1.54) is 12.1 Å². The molecule has 0 fully saturated rings. The lowest BCUT2D eigenvalue weighted by molar-refractivity contribution is 0.585. The Morgan fingerprint density at radius 1 is 1.04 bits per heavy atom. The van der Waals surface area contributed by atoms with Crippen molar-refractivity contribution in [3.63, 3.8) is 0 Å². The molecule has 0 saturated heterocycles. The summed E-state index contributed by atoms with van der Waals surface area (Å²) in [4.78, 5) is 0.593. The summed E-state index contributed by atoms with van der Waals surface area (Å²) in [7, 11) is 0. The molecular formula is C16H12F2N6S. The van der Waals surface area contributed by atoms with Crippen molar-refractivity contribution in [1.82, 2.24) is 29.4 Å². The smallest absolute Gasteiger partial charge is 0.177 e. The van der Waals surface area contributed by atoms with Crippen molar-refractivity contribution in [3.8, 4) is 21.8 Å². The highest BCUT2D eigenvalue weighted by Crippen LogP contribution is 2.33. The van der Waals surface area contributed by atoms with Crippen molar-refractivity contribution in [3.05, 3.63) is 47.8 Å². The topological polar surface area (TPSA) is 68.9 Å². The van der Waals surface area contributed by atoms with Crippen LogP contribution in [0, 0.1) is 11.6 Å². The SMILES string of the molecule is CC(C)c1nnc2ccc(-c3snnc3-c3ccc(F)cc3F)nn12. The number of fused-ring (bicyclic) bond motifs is 1. The molecule has 6 nitrogen and oxygen atoms in total. The number of aromatic nitrogens is 6. The van der Waals surface area contributed by atoms with Crippen LogP contribution in [0.15, 0.2) is 30.3 Å². The second-order valence-corrected chi connectivity index (χ2v) is 6.53. The van der Waals surface area contributed by atoms with E-state index in [1.807, 2.05) is 13.8 Å². The average molecular weight is 358 g/mol. The summed E-state index contributed by atoms with van der Waals surface area (Å²) in [5, 5.41) is 16.8. The third-order valence-electron chi connectivity index (χ3n) is 3.71. The Kier molecular flexibility index (Phi) is 3.72. The van der Waals surface area contributed by atoms with E-state index >= 15 is 0 Å². The van der Waals surface area contributed by atoms with Crippen LogP contribution in [0.3, 0.4) is 0 Å². The molecule has 0 radical (unpaired) electrons. The molecule has 0 aliphatic carbocycles. The number of nitrogens with zero attached hydrogens (tertiary/aromatic N) is 6. The molecule has 126 valence electrons. The van der Waals surface area contributed by atoms with Crippen LogP contribution in [0.4, 0.5) is 8.78 Å². The maximum absolute atomic E-state index is 14.1. The van der Waals surface area contributed by atoms with Gasteiger partial charge in [0.25, 0.3) is 0 Å². The van der Waals surface area contributed by atoms with E-state index in [-0.39, 0.29) is 11.5 Å². The maximum atomic E-state index is 14.1. The number of benzene rings is 1. The van der Waals surface area contributed by atoms with Gasteiger partial charge in [-0.25, -0.2) is 8.78 Å². The molecule has 4 rings (SSSR count). The lowest BCUT2D eigenvalue weighted by atomic mass is 10.1. The minimum atomic E-state index is -0.692. The molecule has 0 unspecified atom stereocenters. The Hall–Kier alpha value is -2.81. The summed E-state index contributed by atoms with van der Waals surface area (Å²) in [6.07, 6.45) is 0. The lowest BCUT2D eigenvalue weighted by Gasteiger charge is -2.05. The molecule has 0 amide bonds. The monoisotopic (exact) mass is 358 g/mol. The maximum Gasteiger partial charge on any atom is 0.177 e.